The Hall–Kier alpha value is -1.80. The average Bonchev–Trinajstić information content (AvgIpc) is 2.44. The first-order valence-electron chi connectivity index (χ1n) is 6.56. The molecule has 19 heavy (non-hydrogen) atoms. The molecule has 0 heterocycles. The van der Waals surface area contributed by atoms with Gasteiger partial charge in [0, 0.05) is 6.54 Å². The molecule has 2 aromatic rings. The van der Waals surface area contributed by atoms with Crippen LogP contribution < -0.4 is 10.5 Å². The Morgan fingerprint density at radius 3 is 2.42 bits per heavy atom. The molecule has 2 N–H and O–H groups in total. The molecule has 2 heteroatoms. The van der Waals surface area contributed by atoms with E-state index in [0.717, 1.165) is 12.2 Å². The number of hydrogen-bond acceptors (Lipinski definition) is 2. The molecule has 2 rings (SSSR count). The fourth-order valence-electron chi connectivity index (χ4n) is 2.35. The van der Waals surface area contributed by atoms with Crippen LogP contribution in [0.1, 0.15) is 27.8 Å². The number of nitrogens with two attached hydrogens (primary N) is 1. The second-order valence-corrected chi connectivity index (χ2v) is 4.88. The van der Waals surface area contributed by atoms with Crippen molar-refractivity contribution in [3.05, 3.63) is 64.2 Å². The molecule has 0 amide bonds. The zero-order valence-corrected chi connectivity index (χ0v) is 11.9. The molecule has 0 fully saturated rings. The summed E-state index contributed by atoms with van der Waals surface area (Å²) in [6.45, 7) is 4.85. The molecule has 0 spiro atoms. The van der Waals surface area contributed by atoms with Crippen LogP contribution in [0, 0.1) is 13.8 Å². The molecule has 100 valence electrons. The maximum Gasteiger partial charge on any atom is 0.122 e. The van der Waals surface area contributed by atoms with Gasteiger partial charge in [0.1, 0.15) is 5.75 Å². The average molecular weight is 255 g/mol. The van der Waals surface area contributed by atoms with Crippen LogP contribution in [0.3, 0.4) is 0 Å². The number of hydrogen-bond donors (Lipinski definition) is 1. The topological polar surface area (TPSA) is 35.2 Å². The first-order valence-corrected chi connectivity index (χ1v) is 6.56. The number of methoxy groups -OCH3 is 1. The van der Waals surface area contributed by atoms with Crippen LogP contribution in [-0.4, -0.2) is 7.11 Å². The summed E-state index contributed by atoms with van der Waals surface area (Å²) in [7, 11) is 1.71. The van der Waals surface area contributed by atoms with E-state index in [2.05, 4.69) is 44.2 Å². The lowest BCUT2D eigenvalue weighted by atomic mass is 9.96. The quantitative estimate of drug-likeness (QED) is 0.909. The molecular weight excluding hydrogens is 234 g/mol. The van der Waals surface area contributed by atoms with Gasteiger partial charge >= 0.3 is 0 Å². The highest BCUT2D eigenvalue weighted by molar-refractivity contribution is 5.45. The monoisotopic (exact) mass is 255 g/mol. The molecule has 0 aromatic heterocycles. The van der Waals surface area contributed by atoms with Gasteiger partial charge in [-0.05, 0) is 54.2 Å². The summed E-state index contributed by atoms with van der Waals surface area (Å²) in [5, 5.41) is 0. The van der Waals surface area contributed by atoms with E-state index in [0.29, 0.717) is 6.54 Å². The van der Waals surface area contributed by atoms with E-state index in [1.807, 2.05) is 6.07 Å². The lowest BCUT2D eigenvalue weighted by Crippen LogP contribution is -1.99. The lowest BCUT2D eigenvalue weighted by molar-refractivity contribution is 0.411. The van der Waals surface area contributed by atoms with Gasteiger partial charge in [0.2, 0.25) is 0 Å². The lowest BCUT2D eigenvalue weighted by Gasteiger charge is -2.13. The van der Waals surface area contributed by atoms with Crippen molar-refractivity contribution in [3.8, 4) is 5.75 Å². The highest BCUT2D eigenvalue weighted by Gasteiger charge is 2.07. The van der Waals surface area contributed by atoms with Crippen LogP contribution >= 0.6 is 0 Å². The Labute approximate surface area is 115 Å². The van der Waals surface area contributed by atoms with E-state index in [9.17, 15) is 0 Å². The van der Waals surface area contributed by atoms with E-state index >= 15 is 0 Å². The molecule has 0 aliphatic rings. The van der Waals surface area contributed by atoms with Crippen LogP contribution in [0.15, 0.2) is 36.4 Å². The second kappa shape index (κ2) is 5.89. The predicted molar refractivity (Wildman–Crippen MR) is 79.6 cm³/mol. The van der Waals surface area contributed by atoms with Gasteiger partial charge < -0.3 is 10.5 Å². The predicted octanol–water partition coefficient (Wildman–Crippen LogP) is 3.36. The third kappa shape index (κ3) is 2.96. The molecule has 0 saturated heterocycles. The molecular formula is C17H21NO. The van der Waals surface area contributed by atoms with Crippen LogP contribution in [0.25, 0.3) is 0 Å². The zero-order chi connectivity index (χ0) is 13.8. The van der Waals surface area contributed by atoms with E-state index in [1.165, 1.54) is 27.8 Å². The first-order chi connectivity index (χ1) is 9.15. The van der Waals surface area contributed by atoms with Crippen molar-refractivity contribution in [2.75, 3.05) is 7.11 Å². The molecule has 0 aliphatic carbocycles. The molecule has 0 radical (unpaired) electrons. The van der Waals surface area contributed by atoms with Gasteiger partial charge in [0.05, 0.1) is 7.11 Å². The molecule has 0 bridgehead atoms. The first kappa shape index (κ1) is 13.6. The molecule has 2 nitrogen and oxygen atoms in total. The van der Waals surface area contributed by atoms with E-state index in [4.69, 9.17) is 10.5 Å². The summed E-state index contributed by atoms with van der Waals surface area (Å²) < 4.78 is 5.35. The van der Waals surface area contributed by atoms with Crippen LogP contribution in [-0.2, 0) is 13.0 Å². The molecule has 0 atom stereocenters. The van der Waals surface area contributed by atoms with Crippen LogP contribution in [0.5, 0.6) is 5.75 Å². The second-order valence-electron chi connectivity index (χ2n) is 4.88. The number of ether oxygens (including phenoxy) is 1. The van der Waals surface area contributed by atoms with Gasteiger partial charge in [-0.2, -0.15) is 0 Å². The third-order valence-electron chi connectivity index (χ3n) is 3.69. The number of rotatable bonds is 4. The smallest absolute Gasteiger partial charge is 0.122 e. The van der Waals surface area contributed by atoms with E-state index in [-0.39, 0.29) is 0 Å². The third-order valence-corrected chi connectivity index (χ3v) is 3.69. The minimum absolute atomic E-state index is 0.592. The maximum absolute atomic E-state index is 5.69. The Balaban J connectivity index is 2.30. The van der Waals surface area contributed by atoms with E-state index < -0.39 is 0 Å². The fourth-order valence-corrected chi connectivity index (χ4v) is 2.35. The maximum atomic E-state index is 5.69. The Morgan fingerprint density at radius 1 is 1.00 bits per heavy atom. The van der Waals surface area contributed by atoms with E-state index in [1.54, 1.807) is 7.11 Å². The molecule has 0 saturated carbocycles. The van der Waals surface area contributed by atoms with Gasteiger partial charge in [-0.25, -0.2) is 0 Å². The van der Waals surface area contributed by atoms with Gasteiger partial charge in [-0.1, -0.05) is 30.3 Å². The Morgan fingerprint density at radius 2 is 1.74 bits per heavy atom. The summed E-state index contributed by atoms with van der Waals surface area (Å²) in [6, 6.07) is 12.7. The van der Waals surface area contributed by atoms with Crippen molar-refractivity contribution in [2.24, 2.45) is 5.73 Å². The van der Waals surface area contributed by atoms with Gasteiger partial charge in [0.25, 0.3) is 0 Å². The normalized spacial score (nSPS) is 10.5. The number of benzene rings is 2. The highest BCUT2D eigenvalue weighted by atomic mass is 16.5. The van der Waals surface area contributed by atoms with Crippen molar-refractivity contribution >= 4 is 0 Å². The van der Waals surface area contributed by atoms with Gasteiger partial charge in [0.15, 0.2) is 0 Å². The largest absolute Gasteiger partial charge is 0.496 e. The minimum atomic E-state index is 0.592. The van der Waals surface area contributed by atoms with Crippen LogP contribution in [0.2, 0.25) is 0 Å². The summed E-state index contributed by atoms with van der Waals surface area (Å²) in [5.74, 6) is 0.956. The summed E-state index contributed by atoms with van der Waals surface area (Å²) in [5.41, 5.74) is 12.0. The Bertz CT molecular complexity index is 575. The molecule has 0 unspecified atom stereocenters. The standard InChI is InChI=1S/C17H21NO/c1-12-13(2)17(19-3)8-7-16(12)10-14-5-4-6-15(9-14)11-18/h4-9H,10-11,18H2,1-3H3. The summed E-state index contributed by atoms with van der Waals surface area (Å²) in [6.07, 6.45) is 0.935. The van der Waals surface area contributed by atoms with Crippen molar-refractivity contribution in [1.82, 2.24) is 0 Å². The van der Waals surface area contributed by atoms with Crippen molar-refractivity contribution in [1.29, 1.82) is 0 Å². The molecule has 2 aromatic carbocycles. The zero-order valence-electron chi connectivity index (χ0n) is 11.9. The minimum Gasteiger partial charge on any atom is -0.496 e. The summed E-state index contributed by atoms with van der Waals surface area (Å²) in [4.78, 5) is 0. The van der Waals surface area contributed by atoms with Crippen LogP contribution in [0.4, 0.5) is 0 Å². The van der Waals surface area contributed by atoms with Gasteiger partial charge in [-0.3, -0.25) is 0 Å². The summed E-state index contributed by atoms with van der Waals surface area (Å²) >= 11 is 0. The van der Waals surface area contributed by atoms with Gasteiger partial charge in [-0.15, -0.1) is 0 Å². The molecule has 0 aliphatic heterocycles. The van der Waals surface area contributed by atoms with Crippen molar-refractivity contribution in [3.63, 3.8) is 0 Å². The van der Waals surface area contributed by atoms with Crippen molar-refractivity contribution in [2.45, 2.75) is 26.8 Å². The van der Waals surface area contributed by atoms with Crippen molar-refractivity contribution < 1.29 is 4.74 Å². The fraction of sp³-hybridized carbons (Fsp3) is 0.294. The highest BCUT2D eigenvalue weighted by Crippen LogP contribution is 2.25. The SMILES string of the molecule is COc1ccc(Cc2cccc(CN)c2)c(C)c1C. The Kier molecular flexibility index (Phi) is 4.23.